The Kier molecular flexibility index (Phi) is 4.88. The molecule has 0 aromatic heterocycles. The van der Waals surface area contributed by atoms with Gasteiger partial charge in [-0.1, -0.05) is 12.1 Å². The van der Waals surface area contributed by atoms with Crippen molar-refractivity contribution in [1.29, 1.82) is 0 Å². The minimum absolute atomic E-state index is 0.109. The Morgan fingerprint density at radius 3 is 2.80 bits per heavy atom. The fraction of sp³-hybridized carbons (Fsp3) is 0.524. The van der Waals surface area contributed by atoms with E-state index in [0.29, 0.717) is 35.9 Å². The van der Waals surface area contributed by atoms with Crippen LogP contribution in [0.1, 0.15) is 52.0 Å². The Balaban J connectivity index is 1.27. The molecule has 4 unspecified atom stereocenters. The van der Waals surface area contributed by atoms with Gasteiger partial charge in [0.2, 0.25) is 11.8 Å². The number of hydrogen-bond donors (Lipinski definition) is 3. The summed E-state index contributed by atoms with van der Waals surface area (Å²) in [4.78, 5) is 50.6. The number of imide groups is 2. The second kappa shape index (κ2) is 7.57. The van der Waals surface area contributed by atoms with Crippen molar-refractivity contribution in [3.8, 4) is 0 Å². The fourth-order valence-electron chi connectivity index (χ4n) is 4.98. The molecule has 9 heteroatoms. The summed E-state index contributed by atoms with van der Waals surface area (Å²) in [5, 5.41) is 9.18. The summed E-state index contributed by atoms with van der Waals surface area (Å²) in [6.07, 6.45) is 2.56. The van der Waals surface area contributed by atoms with Crippen molar-refractivity contribution in [2.75, 3.05) is 13.2 Å². The molecule has 0 bridgehead atoms. The summed E-state index contributed by atoms with van der Waals surface area (Å²) in [5.41, 5.74) is 1.39. The lowest BCUT2D eigenvalue weighted by Crippen LogP contribution is -2.54. The van der Waals surface area contributed by atoms with Crippen LogP contribution in [0, 0.1) is 0 Å². The molecule has 3 saturated heterocycles. The van der Waals surface area contributed by atoms with Gasteiger partial charge in [0.15, 0.2) is 0 Å². The lowest BCUT2D eigenvalue weighted by atomic mass is 10.0. The van der Waals surface area contributed by atoms with Crippen LogP contribution < -0.4 is 16.0 Å². The van der Waals surface area contributed by atoms with Crippen LogP contribution in [0.4, 0.5) is 0 Å². The van der Waals surface area contributed by atoms with Gasteiger partial charge in [-0.15, -0.1) is 0 Å². The van der Waals surface area contributed by atoms with E-state index in [-0.39, 0.29) is 18.7 Å². The Bertz CT molecular complexity index is 920. The highest BCUT2D eigenvalue weighted by atomic mass is 16.5. The molecule has 30 heavy (non-hydrogen) atoms. The van der Waals surface area contributed by atoms with E-state index in [1.165, 1.54) is 0 Å². The van der Waals surface area contributed by atoms with E-state index in [1.807, 2.05) is 6.07 Å². The molecule has 0 saturated carbocycles. The minimum Gasteiger partial charge on any atom is -0.376 e. The van der Waals surface area contributed by atoms with Crippen LogP contribution in [0.3, 0.4) is 0 Å². The molecule has 3 N–H and O–H groups in total. The molecule has 1 aromatic rings. The molecule has 0 aliphatic carbocycles. The average Bonchev–Trinajstić information content (AvgIpc) is 3.37. The first-order valence-electron chi connectivity index (χ1n) is 10.4. The van der Waals surface area contributed by atoms with Gasteiger partial charge < -0.3 is 15.4 Å². The highest BCUT2D eigenvalue weighted by Crippen LogP contribution is 2.30. The molecular weight excluding hydrogens is 388 g/mol. The smallest absolute Gasteiger partial charge is 0.262 e. The molecule has 0 spiro atoms. The SMILES string of the molecule is O=C1CCC(N2C(=O)c3cccc(CNCC4CC5OCCC5N4)c3C2=O)C(=O)N1. The molecule has 5 rings (SSSR count). The third-order valence-electron chi connectivity index (χ3n) is 6.44. The topological polar surface area (TPSA) is 117 Å². The number of hydrogen-bond acceptors (Lipinski definition) is 7. The van der Waals surface area contributed by atoms with Crippen LogP contribution in [0.2, 0.25) is 0 Å². The van der Waals surface area contributed by atoms with E-state index in [0.717, 1.165) is 36.5 Å². The maximum absolute atomic E-state index is 13.1. The number of fused-ring (bicyclic) bond motifs is 2. The van der Waals surface area contributed by atoms with E-state index in [2.05, 4.69) is 16.0 Å². The molecule has 9 nitrogen and oxygen atoms in total. The van der Waals surface area contributed by atoms with E-state index >= 15 is 0 Å². The molecular formula is C21H24N4O5. The molecule has 4 atom stereocenters. The third kappa shape index (κ3) is 3.23. The molecule has 4 aliphatic heterocycles. The van der Waals surface area contributed by atoms with Gasteiger partial charge in [-0.05, 0) is 30.9 Å². The zero-order valence-electron chi connectivity index (χ0n) is 16.5. The highest BCUT2D eigenvalue weighted by Gasteiger charge is 2.45. The molecule has 4 amide bonds. The van der Waals surface area contributed by atoms with E-state index in [1.54, 1.807) is 12.1 Å². The predicted octanol–water partition coefficient (Wildman–Crippen LogP) is -0.303. The van der Waals surface area contributed by atoms with Gasteiger partial charge in [0.1, 0.15) is 6.04 Å². The van der Waals surface area contributed by atoms with Gasteiger partial charge in [0, 0.05) is 38.2 Å². The minimum atomic E-state index is -0.946. The van der Waals surface area contributed by atoms with E-state index in [9.17, 15) is 19.2 Å². The molecule has 4 heterocycles. The molecule has 4 aliphatic rings. The van der Waals surface area contributed by atoms with Crippen molar-refractivity contribution in [1.82, 2.24) is 20.9 Å². The van der Waals surface area contributed by atoms with Crippen LogP contribution in [-0.4, -0.2) is 65.9 Å². The normalized spacial score (nSPS) is 30.6. The first kappa shape index (κ1) is 19.3. The summed E-state index contributed by atoms with van der Waals surface area (Å²) < 4.78 is 5.71. The first-order valence-corrected chi connectivity index (χ1v) is 10.4. The number of nitrogens with one attached hydrogen (secondary N) is 3. The molecule has 158 valence electrons. The van der Waals surface area contributed by atoms with Crippen molar-refractivity contribution in [3.63, 3.8) is 0 Å². The van der Waals surface area contributed by atoms with Gasteiger partial charge >= 0.3 is 0 Å². The number of piperidine rings is 1. The second-order valence-electron chi connectivity index (χ2n) is 8.32. The van der Waals surface area contributed by atoms with Gasteiger partial charge in [-0.2, -0.15) is 0 Å². The Labute approximate surface area is 173 Å². The van der Waals surface area contributed by atoms with E-state index in [4.69, 9.17) is 4.74 Å². The number of benzene rings is 1. The van der Waals surface area contributed by atoms with Crippen LogP contribution in [-0.2, 0) is 20.9 Å². The van der Waals surface area contributed by atoms with Crippen LogP contribution in [0.15, 0.2) is 18.2 Å². The van der Waals surface area contributed by atoms with Gasteiger partial charge in [0.05, 0.1) is 17.2 Å². The van der Waals surface area contributed by atoms with Gasteiger partial charge in [-0.3, -0.25) is 29.4 Å². The zero-order valence-corrected chi connectivity index (χ0v) is 16.5. The van der Waals surface area contributed by atoms with E-state index < -0.39 is 23.8 Å². The second-order valence-corrected chi connectivity index (χ2v) is 8.32. The van der Waals surface area contributed by atoms with Crippen molar-refractivity contribution >= 4 is 23.6 Å². The number of nitrogens with zero attached hydrogens (tertiary/aromatic N) is 1. The Morgan fingerprint density at radius 2 is 2.00 bits per heavy atom. The summed E-state index contributed by atoms with van der Waals surface area (Å²) in [5.74, 6) is -1.93. The number of carbonyl (C=O) groups excluding carboxylic acids is 4. The summed E-state index contributed by atoms with van der Waals surface area (Å²) in [7, 11) is 0. The van der Waals surface area contributed by atoms with Crippen LogP contribution >= 0.6 is 0 Å². The fourth-order valence-corrected chi connectivity index (χ4v) is 4.98. The van der Waals surface area contributed by atoms with Crippen molar-refractivity contribution in [2.24, 2.45) is 0 Å². The molecule has 1 aromatic carbocycles. The number of rotatable bonds is 5. The third-order valence-corrected chi connectivity index (χ3v) is 6.44. The van der Waals surface area contributed by atoms with Crippen molar-refractivity contribution < 1.29 is 23.9 Å². The Hall–Kier alpha value is -2.62. The quantitative estimate of drug-likeness (QED) is 0.569. The predicted molar refractivity (Wildman–Crippen MR) is 105 cm³/mol. The summed E-state index contributed by atoms with van der Waals surface area (Å²) in [6, 6.07) is 4.99. The monoisotopic (exact) mass is 412 g/mol. The molecule has 0 radical (unpaired) electrons. The zero-order chi connectivity index (χ0) is 20.8. The Morgan fingerprint density at radius 1 is 1.13 bits per heavy atom. The van der Waals surface area contributed by atoms with Gasteiger partial charge in [0.25, 0.3) is 11.8 Å². The lowest BCUT2D eigenvalue weighted by Gasteiger charge is -2.27. The van der Waals surface area contributed by atoms with Crippen LogP contribution in [0.5, 0.6) is 0 Å². The maximum atomic E-state index is 13.1. The first-order chi connectivity index (χ1) is 14.5. The largest absolute Gasteiger partial charge is 0.376 e. The number of ether oxygens (including phenoxy) is 1. The average molecular weight is 412 g/mol. The summed E-state index contributed by atoms with van der Waals surface area (Å²) >= 11 is 0. The molecule has 3 fully saturated rings. The number of carbonyl (C=O) groups is 4. The maximum Gasteiger partial charge on any atom is 0.262 e. The standard InChI is InChI=1S/C21H24N4O5/c26-17-5-4-15(19(27)24-17)25-20(28)13-3-1-2-11(18(13)21(25)29)9-22-10-12-8-16-14(23-12)6-7-30-16/h1-3,12,14-16,22-23H,4-10H2,(H,24,26,27). The van der Waals surface area contributed by atoms with Crippen molar-refractivity contribution in [3.05, 3.63) is 34.9 Å². The van der Waals surface area contributed by atoms with Crippen molar-refractivity contribution in [2.45, 2.75) is 56.5 Å². The number of amides is 4. The van der Waals surface area contributed by atoms with Gasteiger partial charge in [-0.25, -0.2) is 0 Å². The lowest BCUT2D eigenvalue weighted by molar-refractivity contribution is -0.136. The summed E-state index contributed by atoms with van der Waals surface area (Å²) in [6.45, 7) is 2.00. The van der Waals surface area contributed by atoms with Crippen LogP contribution in [0.25, 0.3) is 0 Å². The highest BCUT2D eigenvalue weighted by molar-refractivity contribution is 6.24.